The molecule has 0 saturated carbocycles. The fraction of sp³-hybridized carbons (Fsp3) is 0.333. The summed E-state index contributed by atoms with van der Waals surface area (Å²) in [7, 11) is 0. The maximum absolute atomic E-state index is 13.0. The Hall–Kier alpha value is -2.53. The van der Waals surface area contributed by atoms with E-state index in [1.54, 1.807) is 43.0 Å². The molecule has 0 bridgehead atoms. The first kappa shape index (κ1) is 19.2. The molecule has 0 aromatic heterocycles. The largest absolute Gasteiger partial charge is 0.476 e. The van der Waals surface area contributed by atoms with Gasteiger partial charge in [-0.3, -0.25) is 9.59 Å². The Morgan fingerprint density at radius 1 is 1.22 bits per heavy atom. The average molecular weight is 387 g/mol. The van der Waals surface area contributed by atoms with Crippen LogP contribution in [0.25, 0.3) is 0 Å². The van der Waals surface area contributed by atoms with Gasteiger partial charge in [-0.1, -0.05) is 29.8 Å². The molecule has 0 atom stereocenters. The lowest BCUT2D eigenvalue weighted by molar-refractivity contribution is -0.132. The Kier molecular flexibility index (Phi) is 5.16. The van der Waals surface area contributed by atoms with Crippen molar-refractivity contribution in [2.75, 3.05) is 4.90 Å². The van der Waals surface area contributed by atoms with Crippen LogP contribution in [0.5, 0.6) is 5.75 Å². The summed E-state index contributed by atoms with van der Waals surface area (Å²) >= 11 is 6.30. The molecule has 0 aliphatic carbocycles. The SMILES string of the molecule is CC(C)NC(=O)c1ccc2c(c1)N(Cc1ccccc1Cl)C(=O)C(C)(C)O2. The van der Waals surface area contributed by atoms with Gasteiger partial charge in [0.2, 0.25) is 0 Å². The Morgan fingerprint density at radius 2 is 1.93 bits per heavy atom. The van der Waals surface area contributed by atoms with E-state index in [0.717, 1.165) is 5.56 Å². The fourth-order valence-corrected chi connectivity index (χ4v) is 3.20. The van der Waals surface area contributed by atoms with E-state index in [4.69, 9.17) is 16.3 Å². The molecule has 1 aliphatic heterocycles. The van der Waals surface area contributed by atoms with E-state index in [1.807, 2.05) is 32.0 Å². The Balaban J connectivity index is 2.03. The summed E-state index contributed by atoms with van der Waals surface area (Å²) in [6, 6.07) is 12.5. The number of hydrogen-bond acceptors (Lipinski definition) is 3. The minimum atomic E-state index is -1.00. The predicted molar refractivity (Wildman–Crippen MR) is 106 cm³/mol. The summed E-state index contributed by atoms with van der Waals surface area (Å²) in [5.74, 6) is 0.187. The minimum Gasteiger partial charge on any atom is -0.476 e. The lowest BCUT2D eigenvalue weighted by Crippen LogP contribution is -2.52. The van der Waals surface area contributed by atoms with Crippen molar-refractivity contribution >= 4 is 29.1 Å². The lowest BCUT2D eigenvalue weighted by atomic mass is 10.0. The summed E-state index contributed by atoms with van der Waals surface area (Å²) in [6.07, 6.45) is 0. The monoisotopic (exact) mass is 386 g/mol. The third kappa shape index (κ3) is 3.93. The number of hydrogen-bond donors (Lipinski definition) is 1. The maximum Gasteiger partial charge on any atom is 0.271 e. The van der Waals surface area contributed by atoms with Crippen molar-refractivity contribution in [1.29, 1.82) is 0 Å². The van der Waals surface area contributed by atoms with Crippen molar-refractivity contribution < 1.29 is 14.3 Å². The lowest BCUT2D eigenvalue weighted by Gasteiger charge is -2.39. The standard InChI is InChI=1S/C21H23ClN2O3/c1-13(2)23-19(25)14-9-10-18-17(11-14)24(20(26)21(3,4)27-18)12-15-7-5-6-8-16(15)22/h5-11,13H,12H2,1-4H3,(H,23,25). The molecule has 1 N–H and O–H groups in total. The van der Waals surface area contributed by atoms with Gasteiger partial charge in [-0.15, -0.1) is 0 Å². The molecule has 2 aromatic rings. The highest BCUT2D eigenvalue weighted by atomic mass is 35.5. The molecule has 27 heavy (non-hydrogen) atoms. The van der Waals surface area contributed by atoms with Crippen molar-refractivity contribution in [3.05, 3.63) is 58.6 Å². The normalized spacial score (nSPS) is 15.3. The first-order valence-electron chi connectivity index (χ1n) is 8.88. The molecule has 3 rings (SSSR count). The molecule has 2 amide bonds. The van der Waals surface area contributed by atoms with Crippen molar-refractivity contribution in [3.8, 4) is 5.75 Å². The van der Waals surface area contributed by atoms with E-state index >= 15 is 0 Å². The van der Waals surface area contributed by atoms with Crippen LogP contribution in [0.4, 0.5) is 5.69 Å². The van der Waals surface area contributed by atoms with E-state index in [2.05, 4.69) is 5.32 Å². The number of amides is 2. The topological polar surface area (TPSA) is 58.6 Å². The van der Waals surface area contributed by atoms with Crippen LogP contribution in [-0.2, 0) is 11.3 Å². The number of anilines is 1. The van der Waals surface area contributed by atoms with Gasteiger partial charge in [0.25, 0.3) is 11.8 Å². The molecule has 0 unspecified atom stereocenters. The van der Waals surface area contributed by atoms with E-state index in [0.29, 0.717) is 28.6 Å². The van der Waals surface area contributed by atoms with Gasteiger partial charge >= 0.3 is 0 Å². The molecule has 1 heterocycles. The first-order chi connectivity index (χ1) is 12.7. The number of ether oxygens (including phenoxy) is 1. The van der Waals surface area contributed by atoms with Crippen LogP contribution in [0.15, 0.2) is 42.5 Å². The molecule has 5 nitrogen and oxygen atoms in total. The minimum absolute atomic E-state index is 0.0181. The van der Waals surface area contributed by atoms with Crippen LogP contribution in [0.1, 0.15) is 43.6 Å². The molecule has 0 spiro atoms. The van der Waals surface area contributed by atoms with Crippen molar-refractivity contribution in [2.24, 2.45) is 0 Å². The highest BCUT2D eigenvalue weighted by Gasteiger charge is 2.41. The molecule has 6 heteroatoms. The predicted octanol–water partition coefficient (Wildman–Crippen LogP) is 4.18. The third-order valence-corrected chi connectivity index (χ3v) is 4.71. The number of nitrogens with zero attached hydrogens (tertiary/aromatic N) is 1. The third-order valence-electron chi connectivity index (χ3n) is 4.34. The van der Waals surface area contributed by atoms with Crippen molar-refractivity contribution in [1.82, 2.24) is 5.32 Å². The quantitative estimate of drug-likeness (QED) is 0.857. The molecule has 0 fully saturated rings. The van der Waals surface area contributed by atoms with E-state index in [9.17, 15) is 9.59 Å². The molecular weight excluding hydrogens is 364 g/mol. The van der Waals surface area contributed by atoms with Crippen molar-refractivity contribution in [2.45, 2.75) is 45.9 Å². The van der Waals surface area contributed by atoms with E-state index in [-0.39, 0.29) is 17.9 Å². The average Bonchev–Trinajstić information content (AvgIpc) is 2.59. The van der Waals surface area contributed by atoms with Crippen LogP contribution >= 0.6 is 11.6 Å². The second-order valence-electron chi connectivity index (χ2n) is 7.41. The summed E-state index contributed by atoms with van der Waals surface area (Å²) in [5, 5.41) is 3.45. The number of carbonyl (C=O) groups is 2. The molecular formula is C21H23ClN2O3. The highest BCUT2D eigenvalue weighted by molar-refractivity contribution is 6.31. The van der Waals surface area contributed by atoms with Crippen LogP contribution in [0, 0.1) is 0 Å². The Bertz CT molecular complexity index is 893. The maximum atomic E-state index is 13.0. The zero-order valence-corrected chi connectivity index (χ0v) is 16.6. The van der Waals surface area contributed by atoms with Gasteiger partial charge in [0.05, 0.1) is 12.2 Å². The fourth-order valence-electron chi connectivity index (χ4n) is 3.01. The summed E-state index contributed by atoms with van der Waals surface area (Å²) < 4.78 is 5.89. The molecule has 0 radical (unpaired) electrons. The van der Waals surface area contributed by atoms with Crippen LogP contribution in [0.2, 0.25) is 5.02 Å². The van der Waals surface area contributed by atoms with Gasteiger partial charge in [-0.05, 0) is 57.5 Å². The molecule has 1 aliphatic rings. The Labute approximate surface area is 164 Å². The van der Waals surface area contributed by atoms with Gasteiger partial charge in [0.1, 0.15) is 5.75 Å². The van der Waals surface area contributed by atoms with Gasteiger partial charge in [0.15, 0.2) is 5.60 Å². The zero-order chi connectivity index (χ0) is 19.8. The van der Waals surface area contributed by atoms with Crippen LogP contribution < -0.4 is 15.0 Å². The van der Waals surface area contributed by atoms with Gasteiger partial charge in [0, 0.05) is 16.6 Å². The number of benzene rings is 2. The zero-order valence-electron chi connectivity index (χ0n) is 15.9. The van der Waals surface area contributed by atoms with Crippen LogP contribution in [-0.4, -0.2) is 23.5 Å². The molecule has 142 valence electrons. The summed E-state index contributed by atoms with van der Waals surface area (Å²) in [5.41, 5.74) is 0.863. The summed E-state index contributed by atoms with van der Waals surface area (Å²) in [4.78, 5) is 27.1. The van der Waals surface area contributed by atoms with Gasteiger partial charge in [-0.25, -0.2) is 0 Å². The van der Waals surface area contributed by atoms with E-state index in [1.165, 1.54) is 0 Å². The second-order valence-corrected chi connectivity index (χ2v) is 7.81. The summed E-state index contributed by atoms with van der Waals surface area (Å²) in [6.45, 7) is 7.56. The first-order valence-corrected chi connectivity index (χ1v) is 9.26. The second kappa shape index (κ2) is 7.24. The number of carbonyl (C=O) groups excluding carboxylic acids is 2. The van der Waals surface area contributed by atoms with E-state index < -0.39 is 5.60 Å². The number of rotatable bonds is 4. The van der Waals surface area contributed by atoms with Crippen LogP contribution in [0.3, 0.4) is 0 Å². The molecule has 2 aromatic carbocycles. The highest BCUT2D eigenvalue weighted by Crippen LogP contribution is 2.39. The number of nitrogens with one attached hydrogen (secondary N) is 1. The van der Waals surface area contributed by atoms with Gasteiger partial charge < -0.3 is 15.0 Å². The number of halogens is 1. The number of fused-ring (bicyclic) bond motifs is 1. The smallest absolute Gasteiger partial charge is 0.271 e. The van der Waals surface area contributed by atoms with Gasteiger partial charge in [-0.2, -0.15) is 0 Å². The Morgan fingerprint density at radius 3 is 2.59 bits per heavy atom. The molecule has 0 saturated heterocycles. The van der Waals surface area contributed by atoms with Crippen molar-refractivity contribution in [3.63, 3.8) is 0 Å².